The van der Waals surface area contributed by atoms with Crippen LogP contribution in [0.25, 0.3) is 0 Å². The highest BCUT2D eigenvalue weighted by molar-refractivity contribution is 6.35. The number of rotatable bonds is 5. The van der Waals surface area contributed by atoms with Crippen LogP contribution in [0, 0.1) is 0 Å². The quantitative estimate of drug-likeness (QED) is 0.634. The molecule has 2 aromatic rings. The Labute approximate surface area is 177 Å². The first-order valence-corrected chi connectivity index (χ1v) is 10.5. The summed E-state index contributed by atoms with van der Waals surface area (Å²) in [6, 6.07) is 11.8. The summed E-state index contributed by atoms with van der Waals surface area (Å²) in [6.45, 7) is 5.83. The van der Waals surface area contributed by atoms with Gasteiger partial charge in [-0.1, -0.05) is 48.7 Å². The Morgan fingerprint density at radius 3 is 2.64 bits per heavy atom. The smallest absolute Gasteiger partial charge is 0.319 e. The minimum Gasteiger partial charge on any atom is -0.335 e. The van der Waals surface area contributed by atoms with E-state index in [0.717, 1.165) is 42.2 Å². The number of halogens is 2. The number of likely N-dealkylation sites (N-methyl/N-ethyl adjacent to an activating group) is 1. The van der Waals surface area contributed by atoms with Crippen LogP contribution >= 0.6 is 23.2 Å². The summed E-state index contributed by atoms with van der Waals surface area (Å²) in [7, 11) is 2.10. The van der Waals surface area contributed by atoms with Crippen molar-refractivity contribution >= 4 is 34.9 Å². The molecule has 2 atom stereocenters. The van der Waals surface area contributed by atoms with E-state index in [4.69, 9.17) is 23.2 Å². The van der Waals surface area contributed by atoms with Crippen molar-refractivity contribution in [3.05, 3.63) is 63.1 Å². The number of nitrogens with zero attached hydrogens (tertiary/aromatic N) is 1. The van der Waals surface area contributed by atoms with Crippen molar-refractivity contribution in [2.75, 3.05) is 18.9 Å². The van der Waals surface area contributed by atoms with Gasteiger partial charge in [0.1, 0.15) is 0 Å². The fourth-order valence-corrected chi connectivity index (χ4v) is 4.39. The fourth-order valence-electron chi connectivity index (χ4n) is 3.83. The van der Waals surface area contributed by atoms with E-state index in [9.17, 15) is 4.79 Å². The Bertz CT molecular complexity index is 838. The van der Waals surface area contributed by atoms with E-state index in [0.29, 0.717) is 5.02 Å². The van der Waals surface area contributed by atoms with Crippen LogP contribution in [-0.4, -0.2) is 30.6 Å². The van der Waals surface area contributed by atoms with Crippen LogP contribution in [0.15, 0.2) is 36.4 Å². The van der Waals surface area contributed by atoms with Crippen molar-refractivity contribution in [3.63, 3.8) is 0 Å². The number of amides is 2. The van der Waals surface area contributed by atoms with E-state index in [1.54, 1.807) is 0 Å². The molecule has 3 rings (SSSR count). The van der Waals surface area contributed by atoms with Gasteiger partial charge in [0.2, 0.25) is 0 Å². The topological polar surface area (TPSA) is 44.4 Å². The molecule has 1 unspecified atom stereocenters. The maximum atomic E-state index is 12.1. The third-order valence-electron chi connectivity index (χ3n) is 5.16. The Morgan fingerprint density at radius 1 is 1.25 bits per heavy atom. The molecular weight excluding hydrogens is 393 g/mol. The molecule has 0 bridgehead atoms. The highest BCUT2D eigenvalue weighted by atomic mass is 35.5. The van der Waals surface area contributed by atoms with E-state index >= 15 is 0 Å². The van der Waals surface area contributed by atoms with E-state index < -0.39 is 0 Å². The van der Waals surface area contributed by atoms with E-state index in [-0.39, 0.29) is 18.0 Å². The number of hydrogen-bond acceptors (Lipinski definition) is 2. The van der Waals surface area contributed by atoms with Crippen LogP contribution in [0.1, 0.15) is 49.3 Å². The molecule has 6 heteroatoms. The highest BCUT2D eigenvalue weighted by Crippen LogP contribution is 2.38. The molecule has 1 aliphatic rings. The average molecular weight is 420 g/mol. The number of carbonyl (C=O) groups is 1. The summed E-state index contributed by atoms with van der Waals surface area (Å²) in [5.74, 6) is 0.192. The van der Waals surface area contributed by atoms with Gasteiger partial charge in [-0.05, 0) is 61.3 Å². The van der Waals surface area contributed by atoms with E-state index in [1.807, 2.05) is 31.2 Å². The summed E-state index contributed by atoms with van der Waals surface area (Å²) in [6.07, 6.45) is 2.01. The van der Waals surface area contributed by atoms with Gasteiger partial charge in [-0.15, -0.1) is 0 Å². The molecular formula is C22H27Cl2N3O. The molecule has 1 heterocycles. The summed E-state index contributed by atoms with van der Waals surface area (Å²) in [5, 5.41) is 7.24. The first-order valence-electron chi connectivity index (χ1n) is 9.71. The molecule has 2 aromatic carbocycles. The molecule has 150 valence electrons. The number of carbonyl (C=O) groups excluding carboxylic acids is 1. The van der Waals surface area contributed by atoms with Crippen molar-refractivity contribution in [2.24, 2.45) is 0 Å². The maximum absolute atomic E-state index is 12.1. The lowest BCUT2D eigenvalue weighted by Crippen LogP contribution is -2.35. The molecule has 0 fully saturated rings. The zero-order valence-corrected chi connectivity index (χ0v) is 18.1. The molecule has 0 aliphatic carbocycles. The second kappa shape index (κ2) is 9.17. The number of fused-ring (bicyclic) bond motifs is 1. The van der Waals surface area contributed by atoms with Crippen molar-refractivity contribution in [2.45, 2.75) is 45.2 Å². The Balaban J connectivity index is 1.76. The van der Waals surface area contributed by atoms with Crippen LogP contribution in [-0.2, 0) is 6.54 Å². The first kappa shape index (κ1) is 21.0. The minimum atomic E-state index is -0.171. The van der Waals surface area contributed by atoms with E-state index in [2.05, 4.69) is 41.6 Å². The summed E-state index contributed by atoms with van der Waals surface area (Å²) in [4.78, 5) is 14.4. The monoisotopic (exact) mass is 419 g/mol. The molecule has 0 saturated heterocycles. The number of nitrogens with one attached hydrogen (secondary N) is 2. The number of benzene rings is 2. The van der Waals surface area contributed by atoms with Gasteiger partial charge < -0.3 is 15.5 Å². The van der Waals surface area contributed by atoms with Crippen molar-refractivity contribution < 1.29 is 4.79 Å². The lowest BCUT2D eigenvalue weighted by atomic mass is 9.85. The largest absolute Gasteiger partial charge is 0.335 e. The van der Waals surface area contributed by atoms with Crippen molar-refractivity contribution in [3.8, 4) is 0 Å². The molecule has 4 nitrogen and oxygen atoms in total. The third-order valence-corrected chi connectivity index (χ3v) is 5.72. The normalized spacial score (nSPS) is 17.7. The van der Waals surface area contributed by atoms with Gasteiger partial charge >= 0.3 is 6.03 Å². The lowest BCUT2D eigenvalue weighted by molar-refractivity contribution is 0.248. The SMILES string of the molecule is CCC[C@H](C)NC(=O)Nc1ccc(C2CN(C)Cc3c(Cl)cc(Cl)cc32)cc1. The summed E-state index contributed by atoms with van der Waals surface area (Å²) in [5.41, 5.74) is 4.27. The van der Waals surface area contributed by atoms with E-state index in [1.165, 1.54) is 11.1 Å². The number of urea groups is 1. The third kappa shape index (κ3) is 4.99. The second-order valence-corrected chi connectivity index (χ2v) is 8.46. The Hall–Kier alpha value is -1.75. The number of hydrogen-bond donors (Lipinski definition) is 2. The number of anilines is 1. The lowest BCUT2D eigenvalue weighted by Gasteiger charge is -2.33. The highest BCUT2D eigenvalue weighted by Gasteiger charge is 2.27. The second-order valence-electron chi connectivity index (χ2n) is 7.61. The molecule has 28 heavy (non-hydrogen) atoms. The zero-order valence-electron chi connectivity index (χ0n) is 16.6. The predicted molar refractivity (Wildman–Crippen MR) is 118 cm³/mol. The first-order chi connectivity index (χ1) is 13.4. The maximum Gasteiger partial charge on any atom is 0.319 e. The van der Waals surface area contributed by atoms with Crippen LogP contribution < -0.4 is 10.6 Å². The molecule has 0 spiro atoms. The molecule has 0 saturated carbocycles. The summed E-state index contributed by atoms with van der Waals surface area (Å²) >= 11 is 12.7. The molecule has 2 N–H and O–H groups in total. The standard InChI is InChI=1S/C22H27Cl2N3O/c1-4-5-14(2)25-22(28)26-17-8-6-15(7-9-17)19-12-27(3)13-20-18(19)10-16(23)11-21(20)24/h6-11,14,19H,4-5,12-13H2,1-3H3,(H2,25,26,28)/t14-,19?/m0/s1. The van der Waals surface area contributed by atoms with Crippen molar-refractivity contribution in [1.82, 2.24) is 10.2 Å². The van der Waals surface area contributed by atoms with Crippen molar-refractivity contribution in [1.29, 1.82) is 0 Å². The van der Waals surface area contributed by atoms with Gasteiger partial charge in [0.25, 0.3) is 0 Å². The molecule has 0 aromatic heterocycles. The fraction of sp³-hybridized carbons (Fsp3) is 0.409. The van der Waals surface area contributed by atoms with Gasteiger partial charge in [0, 0.05) is 40.8 Å². The average Bonchev–Trinajstić information content (AvgIpc) is 2.62. The molecule has 1 aliphatic heterocycles. The van der Waals surface area contributed by atoms with Gasteiger partial charge in [0.15, 0.2) is 0 Å². The Kier molecular flexibility index (Phi) is 6.86. The predicted octanol–water partition coefficient (Wildman–Crippen LogP) is 5.88. The zero-order chi connectivity index (χ0) is 20.3. The molecule has 2 amide bonds. The van der Waals surface area contributed by atoms with Crippen LogP contribution in [0.3, 0.4) is 0 Å². The molecule has 0 radical (unpaired) electrons. The minimum absolute atomic E-state index is 0.160. The Morgan fingerprint density at radius 2 is 1.96 bits per heavy atom. The summed E-state index contributed by atoms with van der Waals surface area (Å²) < 4.78 is 0. The van der Waals surface area contributed by atoms with Crippen LogP contribution in [0.2, 0.25) is 10.0 Å². The van der Waals surface area contributed by atoms with Gasteiger partial charge in [-0.3, -0.25) is 0 Å². The van der Waals surface area contributed by atoms with Gasteiger partial charge in [0.05, 0.1) is 0 Å². The van der Waals surface area contributed by atoms with Gasteiger partial charge in [-0.25, -0.2) is 4.79 Å². The van der Waals surface area contributed by atoms with Crippen LogP contribution in [0.5, 0.6) is 0 Å². The van der Waals surface area contributed by atoms with Crippen LogP contribution in [0.4, 0.5) is 10.5 Å². The van der Waals surface area contributed by atoms with Gasteiger partial charge in [-0.2, -0.15) is 0 Å².